The van der Waals surface area contributed by atoms with Crippen LogP contribution in [0.5, 0.6) is 0 Å². The van der Waals surface area contributed by atoms with E-state index in [0.717, 1.165) is 17.7 Å². The number of hydrogen-bond acceptors (Lipinski definition) is 5. The number of imide groups is 1. The number of amides is 2. The molecule has 1 aromatic heterocycles. The van der Waals surface area contributed by atoms with Crippen molar-refractivity contribution in [3.63, 3.8) is 0 Å². The van der Waals surface area contributed by atoms with Gasteiger partial charge in [0.1, 0.15) is 0 Å². The Balaban J connectivity index is 0.00000274. The number of oxazole rings is 1. The molecule has 2 fully saturated rings. The molecule has 1 aliphatic heterocycles. The molecule has 1 aromatic carbocycles. The molecule has 0 radical (unpaired) electrons. The SMILES string of the molecule is CN=C(NCCCN1C(=O)C2C3C=CC(C3)C2C1=O)NCc1ncc(-c2ccc(C)cc2)o1.I. The van der Waals surface area contributed by atoms with Crippen molar-refractivity contribution < 1.29 is 14.0 Å². The summed E-state index contributed by atoms with van der Waals surface area (Å²) in [6.07, 6.45) is 7.59. The normalized spacial score (nSPS) is 25.0. The maximum atomic E-state index is 12.7. The summed E-state index contributed by atoms with van der Waals surface area (Å²) in [5, 5.41) is 6.41. The van der Waals surface area contributed by atoms with E-state index in [9.17, 15) is 9.59 Å². The molecule has 4 unspecified atom stereocenters. The maximum Gasteiger partial charge on any atom is 0.233 e. The lowest BCUT2D eigenvalue weighted by Crippen LogP contribution is -2.39. The number of aromatic nitrogens is 1. The van der Waals surface area contributed by atoms with Crippen molar-refractivity contribution in [1.82, 2.24) is 20.5 Å². The third-order valence-electron chi connectivity index (χ3n) is 6.93. The van der Waals surface area contributed by atoms with Gasteiger partial charge in [-0.2, -0.15) is 0 Å². The van der Waals surface area contributed by atoms with Gasteiger partial charge in [-0.3, -0.25) is 19.5 Å². The third kappa shape index (κ3) is 4.62. The smallest absolute Gasteiger partial charge is 0.233 e. The predicted molar refractivity (Wildman–Crippen MR) is 139 cm³/mol. The zero-order chi connectivity index (χ0) is 22.9. The van der Waals surface area contributed by atoms with Crippen molar-refractivity contribution in [2.75, 3.05) is 20.1 Å². The number of aliphatic imine (C=N–C) groups is 1. The largest absolute Gasteiger partial charge is 0.439 e. The lowest BCUT2D eigenvalue weighted by atomic mass is 9.85. The van der Waals surface area contributed by atoms with Crippen LogP contribution in [0.15, 0.2) is 52.0 Å². The summed E-state index contributed by atoms with van der Waals surface area (Å²) in [7, 11) is 1.69. The number of carbonyl (C=O) groups is 2. The molecule has 3 aliphatic rings. The first-order valence-corrected chi connectivity index (χ1v) is 11.5. The molecule has 2 N–H and O–H groups in total. The molecular weight excluding hydrogens is 545 g/mol. The molecule has 1 saturated heterocycles. The van der Waals surface area contributed by atoms with E-state index in [1.54, 1.807) is 13.2 Å². The molecule has 8 nitrogen and oxygen atoms in total. The predicted octanol–water partition coefficient (Wildman–Crippen LogP) is 3.13. The van der Waals surface area contributed by atoms with Gasteiger partial charge in [-0.05, 0) is 31.6 Å². The number of likely N-dealkylation sites (tertiary alicyclic amines) is 1. The average Bonchev–Trinajstić information content (AvgIpc) is 3.60. The Morgan fingerprint density at radius 2 is 1.79 bits per heavy atom. The molecular formula is C25H30IN5O3. The fourth-order valence-electron chi connectivity index (χ4n) is 5.25. The van der Waals surface area contributed by atoms with Gasteiger partial charge in [-0.25, -0.2) is 4.98 Å². The molecule has 4 atom stereocenters. The molecule has 2 heterocycles. The first kappa shape index (κ1) is 24.4. The van der Waals surface area contributed by atoms with Crippen LogP contribution in [0.3, 0.4) is 0 Å². The van der Waals surface area contributed by atoms with Crippen molar-refractivity contribution in [1.29, 1.82) is 0 Å². The molecule has 2 amide bonds. The first-order chi connectivity index (χ1) is 16.0. The number of halogens is 1. The summed E-state index contributed by atoms with van der Waals surface area (Å²) in [6.45, 7) is 3.48. The second-order valence-corrected chi connectivity index (χ2v) is 9.02. The second kappa shape index (κ2) is 10.3. The van der Waals surface area contributed by atoms with Crippen molar-refractivity contribution in [3.05, 3.63) is 54.1 Å². The van der Waals surface area contributed by atoms with Crippen molar-refractivity contribution in [2.45, 2.75) is 26.3 Å². The minimum Gasteiger partial charge on any atom is -0.439 e. The number of rotatable bonds is 7. The summed E-state index contributed by atoms with van der Waals surface area (Å²) < 4.78 is 5.84. The van der Waals surface area contributed by atoms with Crippen molar-refractivity contribution >= 4 is 41.8 Å². The summed E-state index contributed by atoms with van der Waals surface area (Å²) in [4.78, 5) is 35.5. The van der Waals surface area contributed by atoms with Gasteiger partial charge in [0.25, 0.3) is 0 Å². The van der Waals surface area contributed by atoms with E-state index in [0.29, 0.717) is 37.9 Å². The molecule has 0 spiro atoms. The Bertz CT molecular complexity index is 1080. The van der Waals surface area contributed by atoms with Gasteiger partial charge in [0.05, 0.1) is 24.6 Å². The molecule has 2 aliphatic carbocycles. The average molecular weight is 575 g/mol. The molecule has 180 valence electrons. The second-order valence-electron chi connectivity index (χ2n) is 9.02. The quantitative estimate of drug-likeness (QED) is 0.132. The van der Waals surface area contributed by atoms with Crippen LogP contribution < -0.4 is 10.6 Å². The number of nitrogens with zero attached hydrogens (tertiary/aromatic N) is 3. The van der Waals surface area contributed by atoms with Crippen LogP contribution in [0.1, 0.15) is 24.3 Å². The number of hydrogen-bond donors (Lipinski definition) is 2. The zero-order valence-corrected chi connectivity index (χ0v) is 21.7. The van der Waals surface area contributed by atoms with E-state index in [2.05, 4.69) is 32.8 Å². The summed E-state index contributed by atoms with van der Waals surface area (Å²) in [6, 6.07) is 8.10. The number of benzene rings is 1. The van der Waals surface area contributed by atoms with E-state index in [1.807, 2.05) is 31.2 Å². The summed E-state index contributed by atoms with van der Waals surface area (Å²) >= 11 is 0. The highest BCUT2D eigenvalue weighted by molar-refractivity contribution is 14.0. The highest BCUT2D eigenvalue weighted by Gasteiger charge is 2.58. The molecule has 2 aromatic rings. The third-order valence-corrected chi connectivity index (χ3v) is 6.93. The van der Waals surface area contributed by atoms with E-state index < -0.39 is 0 Å². The Labute approximate surface area is 216 Å². The number of aryl methyl sites for hydroxylation is 1. The Kier molecular flexibility index (Phi) is 7.39. The Morgan fingerprint density at radius 3 is 2.44 bits per heavy atom. The van der Waals surface area contributed by atoms with Crippen LogP contribution in [-0.4, -0.2) is 47.8 Å². The molecule has 5 rings (SSSR count). The van der Waals surface area contributed by atoms with E-state index in [4.69, 9.17) is 4.42 Å². The Hall–Kier alpha value is -2.69. The lowest BCUT2D eigenvalue weighted by Gasteiger charge is -2.17. The Morgan fingerprint density at radius 1 is 1.12 bits per heavy atom. The van der Waals surface area contributed by atoms with Crippen LogP contribution in [0, 0.1) is 30.6 Å². The topological polar surface area (TPSA) is 99.8 Å². The molecule has 34 heavy (non-hydrogen) atoms. The summed E-state index contributed by atoms with van der Waals surface area (Å²) in [5.74, 6) is 2.19. The number of guanidine groups is 1. The standard InChI is InChI=1S/C25H29N5O3.HI/c1-15-4-6-16(7-5-15)19-13-28-20(33-19)14-29-25(26-2)27-10-3-11-30-23(31)21-17-8-9-18(12-17)22(21)24(30)32;/h4-9,13,17-18,21-22H,3,10-12,14H2,1-2H3,(H2,26,27,29);1H. The van der Waals surface area contributed by atoms with Crippen LogP contribution in [0.2, 0.25) is 0 Å². The number of fused-ring (bicyclic) bond motifs is 5. The van der Waals surface area contributed by atoms with E-state index >= 15 is 0 Å². The van der Waals surface area contributed by atoms with Gasteiger partial charge < -0.3 is 15.1 Å². The highest BCUT2D eigenvalue weighted by atomic mass is 127. The van der Waals surface area contributed by atoms with E-state index in [-0.39, 0.29) is 59.5 Å². The minimum absolute atomic E-state index is 0. The van der Waals surface area contributed by atoms with Gasteiger partial charge in [0, 0.05) is 25.7 Å². The van der Waals surface area contributed by atoms with Gasteiger partial charge in [-0.1, -0.05) is 42.0 Å². The lowest BCUT2D eigenvalue weighted by molar-refractivity contribution is -0.140. The zero-order valence-electron chi connectivity index (χ0n) is 19.4. The van der Waals surface area contributed by atoms with Crippen LogP contribution in [0.25, 0.3) is 11.3 Å². The van der Waals surface area contributed by atoms with Crippen LogP contribution in [-0.2, 0) is 16.1 Å². The fraction of sp³-hybridized carbons (Fsp3) is 0.440. The highest BCUT2D eigenvalue weighted by Crippen LogP contribution is 2.52. The first-order valence-electron chi connectivity index (χ1n) is 11.5. The monoisotopic (exact) mass is 575 g/mol. The van der Waals surface area contributed by atoms with Gasteiger partial charge in [0.2, 0.25) is 17.7 Å². The van der Waals surface area contributed by atoms with Crippen molar-refractivity contribution in [3.8, 4) is 11.3 Å². The van der Waals surface area contributed by atoms with Gasteiger partial charge in [-0.15, -0.1) is 24.0 Å². The number of allylic oxidation sites excluding steroid dienone is 2. The molecule has 2 bridgehead atoms. The van der Waals surface area contributed by atoms with E-state index in [1.165, 1.54) is 10.5 Å². The van der Waals surface area contributed by atoms with Gasteiger partial charge in [0.15, 0.2) is 11.7 Å². The number of carbonyl (C=O) groups excluding carboxylic acids is 2. The molecule has 9 heteroatoms. The summed E-state index contributed by atoms with van der Waals surface area (Å²) in [5.41, 5.74) is 2.18. The maximum absolute atomic E-state index is 12.7. The van der Waals surface area contributed by atoms with Crippen LogP contribution in [0.4, 0.5) is 0 Å². The fourth-order valence-corrected chi connectivity index (χ4v) is 5.25. The van der Waals surface area contributed by atoms with Gasteiger partial charge >= 0.3 is 0 Å². The van der Waals surface area contributed by atoms with Crippen LogP contribution >= 0.6 is 24.0 Å². The molecule has 1 saturated carbocycles. The number of nitrogens with one attached hydrogen (secondary N) is 2. The van der Waals surface area contributed by atoms with Crippen molar-refractivity contribution in [2.24, 2.45) is 28.7 Å². The minimum atomic E-state index is -0.125.